The molecule has 170 valence electrons. The molecular formula is C24H35N3O3S. The van der Waals surface area contributed by atoms with Gasteiger partial charge in [0.15, 0.2) is 0 Å². The Labute approximate surface area is 190 Å². The van der Waals surface area contributed by atoms with Gasteiger partial charge in [-0.2, -0.15) is 0 Å². The van der Waals surface area contributed by atoms with E-state index in [-0.39, 0.29) is 18.5 Å². The second kappa shape index (κ2) is 13.8. The lowest BCUT2D eigenvalue weighted by molar-refractivity contribution is -0.133. The number of hydrogen-bond donors (Lipinski definition) is 1. The molecule has 0 unspecified atom stereocenters. The van der Waals surface area contributed by atoms with Gasteiger partial charge >= 0.3 is 6.03 Å². The molecule has 3 amide bonds. The Morgan fingerprint density at radius 2 is 1.84 bits per heavy atom. The van der Waals surface area contributed by atoms with Crippen LogP contribution in [0.25, 0.3) is 0 Å². The molecule has 0 fully saturated rings. The number of unbranched alkanes of at least 4 members (excludes halogenated alkanes) is 1. The van der Waals surface area contributed by atoms with Gasteiger partial charge in [-0.3, -0.25) is 4.79 Å². The highest BCUT2D eigenvalue weighted by Crippen LogP contribution is 2.19. The SMILES string of the molecule is CCCCNC(=O)N(CCCOC)CC(=O)N(Cc1ccccc1)Cc1sccc1C. The summed E-state index contributed by atoms with van der Waals surface area (Å²) < 4.78 is 5.13. The third-order valence-electron chi connectivity index (χ3n) is 5.07. The second-order valence-electron chi connectivity index (χ2n) is 7.62. The van der Waals surface area contributed by atoms with Gasteiger partial charge < -0.3 is 19.9 Å². The Morgan fingerprint density at radius 1 is 1.06 bits per heavy atom. The van der Waals surface area contributed by atoms with Crippen molar-refractivity contribution in [2.45, 2.75) is 46.2 Å². The molecule has 0 atom stereocenters. The molecule has 0 saturated carbocycles. The van der Waals surface area contributed by atoms with E-state index >= 15 is 0 Å². The van der Waals surface area contributed by atoms with Crippen LogP contribution in [-0.2, 0) is 22.6 Å². The molecule has 0 aliphatic heterocycles. The van der Waals surface area contributed by atoms with E-state index in [1.165, 1.54) is 10.4 Å². The molecule has 0 saturated heterocycles. The minimum atomic E-state index is -0.190. The number of thiophene rings is 1. The fourth-order valence-corrected chi connectivity index (χ4v) is 4.10. The van der Waals surface area contributed by atoms with Gasteiger partial charge in [0.1, 0.15) is 6.54 Å². The molecule has 0 spiro atoms. The van der Waals surface area contributed by atoms with Crippen LogP contribution in [0, 0.1) is 6.92 Å². The Morgan fingerprint density at radius 3 is 2.48 bits per heavy atom. The summed E-state index contributed by atoms with van der Waals surface area (Å²) >= 11 is 1.66. The van der Waals surface area contributed by atoms with Gasteiger partial charge in [-0.25, -0.2) is 4.79 Å². The Balaban J connectivity index is 2.12. The van der Waals surface area contributed by atoms with Crippen LogP contribution >= 0.6 is 11.3 Å². The quantitative estimate of drug-likeness (QED) is 0.464. The zero-order valence-corrected chi connectivity index (χ0v) is 19.7. The first-order chi connectivity index (χ1) is 15.0. The first-order valence-electron chi connectivity index (χ1n) is 10.9. The van der Waals surface area contributed by atoms with Gasteiger partial charge in [0.2, 0.25) is 5.91 Å². The number of methoxy groups -OCH3 is 1. The fraction of sp³-hybridized carbons (Fsp3) is 0.500. The molecule has 0 aliphatic carbocycles. The molecule has 0 bridgehead atoms. The number of aryl methyl sites for hydroxylation is 1. The van der Waals surface area contributed by atoms with Crippen molar-refractivity contribution in [2.24, 2.45) is 0 Å². The molecule has 1 N–H and O–H groups in total. The number of carbonyl (C=O) groups is 2. The lowest BCUT2D eigenvalue weighted by atomic mass is 10.2. The summed E-state index contributed by atoms with van der Waals surface area (Å²) in [5.41, 5.74) is 2.26. The van der Waals surface area contributed by atoms with Crippen LogP contribution in [-0.4, -0.2) is 55.1 Å². The number of nitrogens with zero attached hydrogens (tertiary/aromatic N) is 2. The highest BCUT2D eigenvalue weighted by Gasteiger charge is 2.22. The van der Waals surface area contributed by atoms with Gasteiger partial charge in [0, 0.05) is 38.2 Å². The van der Waals surface area contributed by atoms with Gasteiger partial charge in [-0.1, -0.05) is 43.7 Å². The van der Waals surface area contributed by atoms with Crippen LogP contribution < -0.4 is 5.32 Å². The van der Waals surface area contributed by atoms with E-state index in [1.54, 1.807) is 23.3 Å². The van der Waals surface area contributed by atoms with Crippen LogP contribution in [0.1, 0.15) is 42.2 Å². The third kappa shape index (κ3) is 8.71. The average molecular weight is 446 g/mol. The van der Waals surface area contributed by atoms with E-state index in [4.69, 9.17) is 4.74 Å². The normalized spacial score (nSPS) is 10.7. The van der Waals surface area contributed by atoms with E-state index < -0.39 is 0 Å². The van der Waals surface area contributed by atoms with Gasteiger partial charge in [0.05, 0.1) is 6.54 Å². The number of urea groups is 1. The summed E-state index contributed by atoms with van der Waals surface area (Å²) in [4.78, 5) is 30.7. The number of rotatable bonds is 13. The van der Waals surface area contributed by atoms with Crippen LogP contribution in [0.4, 0.5) is 4.79 Å². The van der Waals surface area contributed by atoms with Gasteiger partial charge in [-0.05, 0) is 42.3 Å². The molecule has 0 aliphatic rings. The minimum absolute atomic E-state index is 0.0545. The predicted octanol–water partition coefficient (Wildman–Crippen LogP) is 4.43. The number of ether oxygens (including phenoxy) is 1. The van der Waals surface area contributed by atoms with Crippen molar-refractivity contribution < 1.29 is 14.3 Å². The van der Waals surface area contributed by atoms with Crippen molar-refractivity contribution >= 4 is 23.3 Å². The van der Waals surface area contributed by atoms with Crippen LogP contribution in [0.3, 0.4) is 0 Å². The zero-order valence-electron chi connectivity index (χ0n) is 18.9. The van der Waals surface area contributed by atoms with E-state index in [2.05, 4.69) is 25.2 Å². The highest BCUT2D eigenvalue weighted by molar-refractivity contribution is 7.10. The van der Waals surface area contributed by atoms with E-state index in [0.29, 0.717) is 39.2 Å². The average Bonchev–Trinajstić information content (AvgIpc) is 3.17. The number of amides is 3. The summed E-state index contributed by atoms with van der Waals surface area (Å²) in [6.07, 6.45) is 2.62. The monoisotopic (exact) mass is 445 g/mol. The minimum Gasteiger partial charge on any atom is -0.385 e. The lowest BCUT2D eigenvalue weighted by Crippen LogP contribution is -2.47. The van der Waals surface area contributed by atoms with E-state index in [9.17, 15) is 9.59 Å². The Bertz CT molecular complexity index is 794. The summed E-state index contributed by atoms with van der Waals surface area (Å²) in [7, 11) is 1.64. The van der Waals surface area contributed by atoms with Crippen molar-refractivity contribution in [3.05, 3.63) is 57.8 Å². The predicted molar refractivity (Wildman–Crippen MR) is 126 cm³/mol. The molecule has 6 nitrogen and oxygen atoms in total. The highest BCUT2D eigenvalue weighted by atomic mass is 32.1. The number of hydrogen-bond acceptors (Lipinski definition) is 4. The molecule has 7 heteroatoms. The van der Waals surface area contributed by atoms with E-state index in [0.717, 1.165) is 18.4 Å². The maximum Gasteiger partial charge on any atom is 0.317 e. The van der Waals surface area contributed by atoms with Crippen LogP contribution in [0.5, 0.6) is 0 Å². The van der Waals surface area contributed by atoms with Gasteiger partial charge in [-0.15, -0.1) is 11.3 Å². The summed E-state index contributed by atoms with van der Waals surface area (Å²) in [6.45, 7) is 6.91. The smallest absolute Gasteiger partial charge is 0.317 e. The molecule has 2 aromatic rings. The number of nitrogens with one attached hydrogen (secondary N) is 1. The zero-order chi connectivity index (χ0) is 22.5. The van der Waals surface area contributed by atoms with Crippen molar-refractivity contribution in [3.8, 4) is 0 Å². The van der Waals surface area contributed by atoms with Gasteiger partial charge in [0.25, 0.3) is 0 Å². The summed E-state index contributed by atoms with van der Waals surface area (Å²) in [5, 5.41) is 4.99. The fourth-order valence-electron chi connectivity index (χ4n) is 3.17. The maximum atomic E-state index is 13.3. The van der Waals surface area contributed by atoms with E-state index in [1.807, 2.05) is 40.6 Å². The lowest BCUT2D eigenvalue weighted by Gasteiger charge is -2.28. The molecule has 1 aromatic heterocycles. The van der Waals surface area contributed by atoms with Crippen molar-refractivity contribution in [1.29, 1.82) is 0 Å². The molecule has 0 radical (unpaired) electrons. The Kier molecular flexibility index (Phi) is 11.1. The van der Waals surface area contributed by atoms with Crippen molar-refractivity contribution in [3.63, 3.8) is 0 Å². The molecule has 31 heavy (non-hydrogen) atoms. The molecule has 1 heterocycles. The molecular weight excluding hydrogens is 410 g/mol. The largest absolute Gasteiger partial charge is 0.385 e. The van der Waals surface area contributed by atoms with Crippen LogP contribution in [0.2, 0.25) is 0 Å². The van der Waals surface area contributed by atoms with Crippen molar-refractivity contribution in [2.75, 3.05) is 33.4 Å². The molecule has 2 rings (SSSR count). The third-order valence-corrected chi connectivity index (χ3v) is 6.08. The summed E-state index contributed by atoms with van der Waals surface area (Å²) in [6, 6.07) is 11.9. The maximum absolute atomic E-state index is 13.3. The number of benzene rings is 1. The first kappa shape index (κ1) is 24.9. The first-order valence-corrected chi connectivity index (χ1v) is 11.8. The topological polar surface area (TPSA) is 61.9 Å². The van der Waals surface area contributed by atoms with Crippen molar-refractivity contribution in [1.82, 2.24) is 15.1 Å². The van der Waals surface area contributed by atoms with Crippen LogP contribution in [0.15, 0.2) is 41.8 Å². The Hall–Kier alpha value is -2.38. The summed E-state index contributed by atoms with van der Waals surface area (Å²) in [5.74, 6) is -0.0558. The molecule has 1 aromatic carbocycles. The second-order valence-corrected chi connectivity index (χ2v) is 8.62. The number of carbonyl (C=O) groups excluding carboxylic acids is 2. The standard InChI is InChI=1S/C24H35N3O3S/c1-4-5-13-25-24(29)26(14-9-15-30-3)19-23(28)27(17-21-10-7-6-8-11-21)18-22-20(2)12-16-31-22/h6-8,10-12,16H,4-5,9,13-15,17-19H2,1-3H3,(H,25,29).